The molecule has 0 aromatic carbocycles. The maximum absolute atomic E-state index is 5.27. The van der Waals surface area contributed by atoms with Gasteiger partial charge in [-0.15, -0.1) is 10.2 Å². The molecule has 0 amide bonds. The molecular weight excluding hydrogens is 154 g/mol. The lowest BCUT2D eigenvalue weighted by atomic mass is 10.2. The number of nitrogens with zero attached hydrogens (tertiary/aromatic N) is 3. The van der Waals surface area contributed by atoms with Crippen LogP contribution in [0.3, 0.4) is 0 Å². The molecule has 1 aromatic rings. The quantitative estimate of drug-likeness (QED) is 0.624. The molecule has 1 aliphatic heterocycles. The average Bonchev–Trinajstić information content (AvgIpc) is 2.47. The van der Waals surface area contributed by atoms with Gasteiger partial charge in [-0.3, -0.25) is 0 Å². The molecule has 0 aliphatic carbocycles. The molecule has 0 bridgehead atoms. The molecule has 0 unspecified atom stereocenters. The van der Waals surface area contributed by atoms with Gasteiger partial charge < -0.3 is 9.30 Å². The van der Waals surface area contributed by atoms with Gasteiger partial charge in [0.15, 0.2) is 5.82 Å². The third-order valence-corrected chi connectivity index (χ3v) is 2.06. The van der Waals surface area contributed by atoms with Gasteiger partial charge in [-0.25, -0.2) is 0 Å². The Hall–Kier alpha value is -0.900. The molecule has 1 aromatic heterocycles. The van der Waals surface area contributed by atoms with E-state index in [4.69, 9.17) is 4.74 Å². The average molecular weight is 167 g/mol. The van der Waals surface area contributed by atoms with Crippen molar-refractivity contribution in [3.8, 4) is 0 Å². The summed E-state index contributed by atoms with van der Waals surface area (Å²) in [6.07, 6.45) is 0. The fourth-order valence-electron chi connectivity index (χ4n) is 1.45. The Bertz CT molecular complexity index is 280. The zero-order valence-electron chi connectivity index (χ0n) is 7.45. The van der Waals surface area contributed by atoms with Gasteiger partial charge >= 0.3 is 0 Å². The standard InChI is InChI=1S/C8H13N3O/c1-6(2)8-10-9-7-5-12-4-3-11(7)8/h6H,3-5H2,1-2H3. The van der Waals surface area contributed by atoms with E-state index in [-0.39, 0.29) is 0 Å². The van der Waals surface area contributed by atoms with Gasteiger partial charge in [-0.05, 0) is 0 Å². The Labute approximate surface area is 71.6 Å². The van der Waals surface area contributed by atoms with Crippen LogP contribution in [-0.4, -0.2) is 21.4 Å². The smallest absolute Gasteiger partial charge is 0.159 e. The molecule has 0 spiro atoms. The van der Waals surface area contributed by atoms with Crippen LogP contribution >= 0.6 is 0 Å². The van der Waals surface area contributed by atoms with Gasteiger partial charge in [0.1, 0.15) is 12.4 Å². The zero-order valence-corrected chi connectivity index (χ0v) is 7.45. The van der Waals surface area contributed by atoms with Crippen molar-refractivity contribution >= 4 is 0 Å². The maximum Gasteiger partial charge on any atom is 0.159 e. The molecular formula is C8H13N3O. The highest BCUT2D eigenvalue weighted by molar-refractivity contribution is 5.00. The van der Waals surface area contributed by atoms with Crippen molar-refractivity contribution < 1.29 is 4.74 Å². The molecule has 0 saturated carbocycles. The molecule has 4 nitrogen and oxygen atoms in total. The van der Waals surface area contributed by atoms with E-state index in [9.17, 15) is 0 Å². The summed E-state index contributed by atoms with van der Waals surface area (Å²) in [5.74, 6) is 2.49. The first kappa shape index (κ1) is 7.73. The third kappa shape index (κ3) is 1.12. The lowest BCUT2D eigenvalue weighted by Crippen LogP contribution is -2.19. The summed E-state index contributed by atoms with van der Waals surface area (Å²) in [4.78, 5) is 0. The molecule has 66 valence electrons. The first-order valence-corrected chi connectivity index (χ1v) is 4.28. The summed E-state index contributed by atoms with van der Waals surface area (Å²) in [6, 6.07) is 0. The number of ether oxygens (including phenoxy) is 1. The second-order valence-corrected chi connectivity index (χ2v) is 3.33. The van der Waals surface area contributed by atoms with E-state index in [1.165, 1.54) is 0 Å². The summed E-state index contributed by atoms with van der Waals surface area (Å²) in [5.41, 5.74) is 0. The van der Waals surface area contributed by atoms with Gasteiger partial charge in [-0.2, -0.15) is 0 Å². The highest BCUT2D eigenvalue weighted by Gasteiger charge is 2.17. The van der Waals surface area contributed by atoms with Crippen molar-refractivity contribution in [2.45, 2.75) is 32.9 Å². The summed E-state index contributed by atoms with van der Waals surface area (Å²) in [6.45, 7) is 6.56. The van der Waals surface area contributed by atoms with E-state index in [2.05, 4.69) is 28.6 Å². The minimum atomic E-state index is 0.448. The number of hydrogen-bond acceptors (Lipinski definition) is 3. The van der Waals surface area contributed by atoms with Crippen LogP contribution in [0.5, 0.6) is 0 Å². The van der Waals surface area contributed by atoms with Crippen LogP contribution in [0, 0.1) is 0 Å². The minimum absolute atomic E-state index is 0.448. The Morgan fingerprint density at radius 1 is 1.42 bits per heavy atom. The van der Waals surface area contributed by atoms with Crippen molar-refractivity contribution in [3.63, 3.8) is 0 Å². The molecule has 0 saturated heterocycles. The first-order chi connectivity index (χ1) is 5.79. The monoisotopic (exact) mass is 167 g/mol. The second-order valence-electron chi connectivity index (χ2n) is 3.33. The second kappa shape index (κ2) is 2.86. The van der Waals surface area contributed by atoms with Crippen LogP contribution in [0.4, 0.5) is 0 Å². The van der Waals surface area contributed by atoms with Gasteiger partial charge in [0.05, 0.1) is 6.61 Å². The largest absolute Gasteiger partial charge is 0.372 e. The van der Waals surface area contributed by atoms with E-state index in [0.717, 1.165) is 24.8 Å². The van der Waals surface area contributed by atoms with Gasteiger partial charge in [-0.1, -0.05) is 13.8 Å². The topological polar surface area (TPSA) is 39.9 Å². The van der Waals surface area contributed by atoms with Gasteiger partial charge in [0, 0.05) is 12.5 Å². The molecule has 0 fully saturated rings. The fourth-order valence-corrected chi connectivity index (χ4v) is 1.45. The van der Waals surface area contributed by atoms with Crippen LogP contribution in [0.25, 0.3) is 0 Å². The van der Waals surface area contributed by atoms with Gasteiger partial charge in [0.2, 0.25) is 0 Å². The molecule has 4 heteroatoms. The minimum Gasteiger partial charge on any atom is -0.372 e. The van der Waals surface area contributed by atoms with Crippen LogP contribution in [0.1, 0.15) is 31.4 Å². The van der Waals surface area contributed by atoms with Crippen molar-refractivity contribution in [2.24, 2.45) is 0 Å². The number of hydrogen-bond donors (Lipinski definition) is 0. The Balaban J connectivity index is 2.38. The van der Waals surface area contributed by atoms with Crippen molar-refractivity contribution in [1.82, 2.24) is 14.8 Å². The van der Waals surface area contributed by atoms with E-state index in [1.807, 2.05) is 0 Å². The van der Waals surface area contributed by atoms with Crippen LogP contribution < -0.4 is 0 Å². The summed E-state index contributed by atoms with van der Waals surface area (Å²) in [5, 5.41) is 8.20. The molecule has 0 atom stereocenters. The molecule has 1 aliphatic rings. The maximum atomic E-state index is 5.27. The molecule has 12 heavy (non-hydrogen) atoms. The van der Waals surface area contributed by atoms with Crippen molar-refractivity contribution in [1.29, 1.82) is 0 Å². The van der Waals surface area contributed by atoms with E-state index in [0.29, 0.717) is 12.5 Å². The number of rotatable bonds is 1. The van der Waals surface area contributed by atoms with E-state index >= 15 is 0 Å². The van der Waals surface area contributed by atoms with Gasteiger partial charge in [0.25, 0.3) is 0 Å². The molecule has 0 radical (unpaired) electrons. The highest BCUT2D eigenvalue weighted by Crippen LogP contribution is 2.16. The third-order valence-electron chi connectivity index (χ3n) is 2.06. The van der Waals surface area contributed by atoms with Crippen molar-refractivity contribution in [2.75, 3.05) is 6.61 Å². The Kier molecular flexibility index (Phi) is 1.84. The van der Waals surface area contributed by atoms with Crippen LogP contribution in [-0.2, 0) is 17.9 Å². The Morgan fingerprint density at radius 2 is 2.25 bits per heavy atom. The van der Waals surface area contributed by atoms with E-state index in [1.54, 1.807) is 0 Å². The lowest BCUT2D eigenvalue weighted by molar-refractivity contribution is 0.0804. The normalized spacial score (nSPS) is 16.6. The summed E-state index contributed by atoms with van der Waals surface area (Å²) in [7, 11) is 0. The lowest BCUT2D eigenvalue weighted by Gasteiger charge is -2.16. The molecule has 2 rings (SSSR count). The fraction of sp³-hybridized carbons (Fsp3) is 0.750. The first-order valence-electron chi connectivity index (χ1n) is 4.28. The summed E-state index contributed by atoms with van der Waals surface area (Å²) < 4.78 is 7.43. The number of aromatic nitrogens is 3. The summed E-state index contributed by atoms with van der Waals surface area (Å²) >= 11 is 0. The highest BCUT2D eigenvalue weighted by atomic mass is 16.5. The number of fused-ring (bicyclic) bond motifs is 1. The Morgan fingerprint density at radius 3 is 3.00 bits per heavy atom. The van der Waals surface area contributed by atoms with Crippen LogP contribution in [0.15, 0.2) is 0 Å². The van der Waals surface area contributed by atoms with E-state index < -0.39 is 0 Å². The predicted molar refractivity (Wildman–Crippen MR) is 43.8 cm³/mol. The van der Waals surface area contributed by atoms with Crippen molar-refractivity contribution in [3.05, 3.63) is 11.6 Å². The van der Waals surface area contributed by atoms with Crippen LogP contribution in [0.2, 0.25) is 0 Å². The molecule has 2 heterocycles. The SMILES string of the molecule is CC(C)c1nnc2n1CCOC2. The zero-order chi connectivity index (χ0) is 8.55. The predicted octanol–water partition coefficient (Wildman–Crippen LogP) is 0.932. The molecule has 0 N–H and O–H groups in total.